The van der Waals surface area contributed by atoms with E-state index in [0.29, 0.717) is 22.1 Å². The maximum Gasteiger partial charge on any atom is 0.372 e. The van der Waals surface area contributed by atoms with Crippen LogP contribution in [0.25, 0.3) is 11.0 Å². The van der Waals surface area contributed by atoms with Gasteiger partial charge in [-0.1, -0.05) is 17.9 Å². The number of carboxylic acid groups (broad SMARTS) is 1. The first-order valence-electron chi connectivity index (χ1n) is 5.00. The summed E-state index contributed by atoms with van der Waals surface area (Å²) >= 11 is 0. The molecule has 0 aliphatic carbocycles. The van der Waals surface area contributed by atoms with E-state index in [2.05, 4.69) is 11.8 Å². The third-order valence-corrected chi connectivity index (χ3v) is 2.45. The van der Waals surface area contributed by atoms with Gasteiger partial charge in [0, 0.05) is 16.5 Å². The highest BCUT2D eigenvalue weighted by Gasteiger charge is 2.17. The average Bonchev–Trinajstić information content (AvgIpc) is 2.65. The Kier molecular flexibility index (Phi) is 2.86. The van der Waals surface area contributed by atoms with E-state index in [4.69, 9.17) is 14.6 Å². The molecule has 0 aliphatic rings. The quantitative estimate of drug-likeness (QED) is 0.732. The molecule has 2 rings (SSSR count). The first-order valence-corrected chi connectivity index (χ1v) is 5.00. The van der Waals surface area contributed by atoms with Gasteiger partial charge in [0.05, 0.1) is 0 Å². The third kappa shape index (κ3) is 1.88. The second-order valence-electron chi connectivity index (χ2n) is 3.50. The number of hydrogen-bond donors (Lipinski definition) is 2. The predicted octanol–water partition coefficient (Wildman–Crippen LogP) is 1.78. The first-order chi connectivity index (χ1) is 8.15. The molecule has 0 spiro atoms. The summed E-state index contributed by atoms with van der Waals surface area (Å²) in [6, 6.07) is 5.19. The Labute approximate surface area is 97.5 Å². The highest BCUT2D eigenvalue weighted by molar-refractivity contribution is 5.97. The van der Waals surface area contributed by atoms with Crippen LogP contribution in [-0.4, -0.2) is 22.8 Å². The van der Waals surface area contributed by atoms with E-state index in [1.807, 2.05) is 0 Å². The zero-order valence-corrected chi connectivity index (χ0v) is 9.15. The van der Waals surface area contributed by atoms with Crippen molar-refractivity contribution >= 4 is 16.9 Å². The second-order valence-corrected chi connectivity index (χ2v) is 3.50. The summed E-state index contributed by atoms with van der Waals surface area (Å²) in [5.74, 6) is 4.15. The normalized spacial score (nSPS) is 10.0. The third-order valence-electron chi connectivity index (χ3n) is 2.45. The minimum atomic E-state index is -1.10. The van der Waals surface area contributed by atoms with Crippen LogP contribution in [0.2, 0.25) is 0 Å². The molecule has 1 heterocycles. The lowest BCUT2D eigenvalue weighted by molar-refractivity contribution is 0.0664. The molecule has 0 saturated carbocycles. The van der Waals surface area contributed by atoms with Crippen LogP contribution in [0.4, 0.5) is 0 Å². The first kappa shape index (κ1) is 11.2. The van der Waals surface area contributed by atoms with Gasteiger partial charge in [0.25, 0.3) is 0 Å². The van der Waals surface area contributed by atoms with E-state index in [1.54, 1.807) is 25.1 Å². The fraction of sp³-hybridized carbons (Fsp3) is 0.154. The fourth-order valence-corrected chi connectivity index (χ4v) is 1.75. The number of carbonyl (C=O) groups is 1. The minimum Gasteiger partial charge on any atom is -0.475 e. The van der Waals surface area contributed by atoms with Crippen molar-refractivity contribution < 1.29 is 19.4 Å². The van der Waals surface area contributed by atoms with E-state index in [1.165, 1.54) is 0 Å². The summed E-state index contributed by atoms with van der Waals surface area (Å²) in [7, 11) is 0. The van der Waals surface area contributed by atoms with Gasteiger partial charge in [-0.05, 0) is 19.1 Å². The molecule has 0 fully saturated rings. The van der Waals surface area contributed by atoms with Crippen molar-refractivity contribution in [3.8, 4) is 11.8 Å². The van der Waals surface area contributed by atoms with Gasteiger partial charge < -0.3 is 14.6 Å². The summed E-state index contributed by atoms with van der Waals surface area (Å²) in [6.45, 7) is 1.44. The fourth-order valence-electron chi connectivity index (χ4n) is 1.75. The Morgan fingerprint density at radius 1 is 1.47 bits per heavy atom. The van der Waals surface area contributed by atoms with Gasteiger partial charge >= 0.3 is 5.97 Å². The van der Waals surface area contributed by atoms with Gasteiger partial charge in [-0.25, -0.2) is 4.79 Å². The van der Waals surface area contributed by atoms with Crippen molar-refractivity contribution in [2.24, 2.45) is 0 Å². The van der Waals surface area contributed by atoms with E-state index >= 15 is 0 Å². The molecule has 0 unspecified atom stereocenters. The maximum absolute atomic E-state index is 10.9. The number of aromatic carboxylic acids is 1. The van der Waals surface area contributed by atoms with Crippen LogP contribution in [0.15, 0.2) is 22.6 Å². The number of rotatable bonds is 1. The van der Waals surface area contributed by atoms with Crippen LogP contribution in [0.1, 0.15) is 21.7 Å². The molecule has 4 nitrogen and oxygen atoms in total. The average molecular weight is 230 g/mol. The van der Waals surface area contributed by atoms with Crippen LogP contribution in [-0.2, 0) is 0 Å². The summed E-state index contributed by atoms with van der Waals surface area (Å²) in [5, 5.41) is 18.3. The molecule has 0 aliphatic heterocycles. The molecule has 0 saturated heterocycles. The number of hydrogen-bond acceptors (Lipinski definition) is 3. The summed E-state index contributed by atoms with van der Waals surface area (Å²) in [4.78, 5) is 10.9. The van der Waals surface area contributed by atoms with E-state index < -0.39 is 5.97 Å². The maximum atomic E-state index is 10.9. The zero-order chi connectivity index (χ0) is 12.4. The van der Waals surface area contributed by atoms with Crippen molar-refractivity contribution in [1.82, 2.24) is 0 Å². The Hall–Kier alpha value is -2.25. The summed E-state index contributed by atoms with van der Waals surface area (Å²) < 4.78 is 5.25. The van der Waals surface area contributed by atoms with Gasteiger partial charge in [0.15, 0.2) is 0 Å². The molecule has 0 radical (unpaired) electrons. The predicted molar refractivity (Wildman–Crippen MR) is 61.9 cm³/mol. The van der Waals surface area contributed by atoms with Crippen molar-refractivity contribution in [1.29, 1.82) is 0 Å². The molecular formula is C13H10O4. The molecule has 1 aromatic carbocycles. The smallest absolute Gasteiger partial charge is 0.372 e. The molecule has 1 aromatic heterocycles. The molecule has 86 valence electrons. The second kappa shape index (κ2) is 4.32. The highest BCUT2D eigenvalue weighted by atomic mass is 16.4. The summed E-state index contributed by atoms with van der Waals surface area (Å²) in [6.07, 6.45) is 0. The van der Waals surface area contributed by atoms with E-state index in [9.17, 15) is 4.79 Å². The molecule has 0 atom stereocenters. The van der Waals surface area contributed by atoms with Gasteiger partial charge in [0.2, 0.25) is 5.76 Å². The summed E-state index contributed by atoms with van der Waals surface area (Å²) in [5.41, 5.74) is 1.70. The Balaban J connectivity index is 2.75. The topological polar surface area (TPSA) is 70.7 Å². The van der Waals surface area contributed by atoms with Gasteiger partial charge in [-0.2, -0.15) is 0 Å². The van der Waals surface area contributed by atoms with E-state index in [-0.39, 0.29) is 12.4 Å². The zero-order valence-electron chi connectivity index (χ0n) is 9.15. The number of aliphatic hydroxyl groups excluding tert-OH is 1. The monoisotopic (exact) mass is 230 g/mol. The lowest BCUT2D eigenvalue weighted by Gasteiger charge is -1.94. The van der Waals surface area contributed by atoms with Crippen LogP contribution in [0, 0.1) is 18.8 Å². The Morgan fingerprint density at radius 2 is 2.24 bits per heavy atom. The SMILES string of the molecule is Cc1c(C(=O)O)oc2cccc(C#CCO)c12. The van der Waals surface area contributed by atoms with Crippen LogP contribution in [0.3, 0.4) is 0 Å². The number of aliphatic hydroxyl groups is 1. The van der Waals surface area contributed by atoms with Gasteiger partial charge in [-0.3, -0.25) is 0 Å². The number of aryl methyl sites for hydroxylation is 1. The van der Waals surface area contributed by atoms with Gasteiger partial charge in [0.1, 0.15) is 12.2 Å². The number of fused-ring (bicyclic) bond motifs is 1. The van der Waals surface area contributed by atoms with Crippen molar-refractivity contribution in [3.05, 3.63) is 35.1 Å². The standard InChI is InChI=1S/C13H10O4/c1-8-11-9(5-3-7-14)4-2-6-10(11)17-12(8)13(15)16/h2,4,6,14H,7H2,1H3,(H,15,16). The van der Waals surface area contributed by atoms with Crippen LogP contribution < -0.4 is 0 Å². The number of furan rings is 1. The number of benzene rings is 1. The molecule has 0 amide bonds. The largest absolute Gasteiger partial charge is 0.475 e. The van der Waals surface area contributed by atoms with Gasteiger partial charge in [-0.15, -0.1) is 0 Å². The molecule has 2 N–H and O–H groups in total. The van der Waals surface area contributed by atoms with E-state index in [0.717, 1.165) is 0 Å². The Bertz CT molecular complexity index is 640. The molecule has 17 heavy (non-hydrogen) atoms. The molecule has 2 aromatic rings. The van der Waals surface area contributed by atoms with Crippen molar-refractivity contribution in [2.45, 2.75) is 6.92 Å². The molecular weight excluding hydrogens is 220 g/mol. The lowest BCUT2D eigenvalue weighted by Crippen LogP contribution is -1.95. The van der Waals surface area contributed by atoms with Crippen LogP contribution >= 0.6 is 0 Å². The lowest BCUT2D eigenvalue weighted by atomic mass is 10.1. The van der Waals surface area contributed by atoms with Crippen LogP contribution in [0.5, 0.6) is 0 Å². The number of carboxylic acids is 1. The van der Waals surface area contributed by atoms with Crippen molar-refractivity contribution in [3.63, 3.8) is 0 Å². The van der Waals surface area contributed by atoms with Crippen molar-refractivity contribution in [2.75, 3.05) is 6.61 Å². The molecule has 0 bridgehead atoms. The minimum absolute atomic E-state index is 0.0711. The highest BCUT2D eigenvalue weighted by Crippen LogP contribution is 2.27. The molecule has 4 heteroatoms. The Morgan fingerprint density at radius 3 is 2.88 bits per heavy atom.